The second-order valence-electron chi connectivity index (χ2n) is 4.50. The summed E-state index contributed by atoms with van der Waals surface area (Å²) in [5, 5.41) is 10.1. The van der Waals surface area contributed by atoms with Crippen LogP contribution in [0.3, 0.4) is 0 Å². The number of hydrogen-bond acceptors (Lipinski definition) is 4. The van der Waals surface area contributed by atoms with Crippen molar-refractivity contribution in [2.24, 2.45) is 4.99 Å². The highest BCUT2D eigenvalue weighted by molar-refractivity contribution is 14.0. The van der Waals surface area contributed by atoms with Crippen LogP contribution in [0.5, 0.6) is 0 Å². The van der Waals surface area contributed by atoms with Crippen molar-refractivity contribution in [2.45, 2.75) is 13.5 Å². The maximum Gasteiger partial charge on any atom is 0.241 e. The van der Waals surface area contributed by atoms with Gasteiger partial charge in [0.1, 0.15) is 6.54 Å². The maximum atomic E-state index is 11.6. The smallest absolute Gasteiger partial charge is 0.241 e. The van der Waals surface area contributed by atoms with Crippen molar-refractivity contribution in [1.29, 1.82) is 0 Å². The predicted octanol–water partition coefficient (Wildman–Crippen LogP) is 1.53. The number of halogens is 1. The molecule has 1 amide bonds. The molecule has 0 unspecified atom stereocenters. The van der Waals surface area contributed by atoms with Crippen LogP contribution in [0.2, 0.25) is 0 Å². The third kappa shape index (κ3) is 8.54. The summed E-state index contributed by atoms with van der Waals surface area (Å²) in [6, 6.07) is 2.09. The van der Waals surface area contributed by atoms with Crippen molar-refractivity contribution in [3.63, 3.8) is 0 Å². The van der Waals surface area contributed by atoms with Crippen molar-refractivity contribution >= 4 is 47.2 Å². The Labute approximate surface area is 153 Å². The van der Waals surface area contributed by atoms with Crippen molar-refractivity contribution in [2.75, 3.05) is 40.4 Å². The molecule has 1 rings (SSSR count). The molecule has 0 saturated heterocycles. The first-order valence-corrected chi connectivity index (χ1v) is 7.87. The van der Waals surface area contributed by atoms with Gasteiger partial charge in [0, 0.05) is 33.8 Å². The van der Waals surface area contributed by atoms with Crippen LogP contribution in [-0.4, -0.2) is 57.2 Å². The van der Waals surface area contributed by atoms with E-state index in [2.05, 4.69) is 32.5 Å². The summed E-state index contributed by atoms with van der Waals surface area (Å²) >= 11 is 1.67. The van der Waals surface area contributed by atoms with Crippen LogP contribution in [0.4, 0.5) is 0 Å². The quantitative estimate of drug-likeness (QED) is 0.279. The van der Waals surface area contributed by atoms with E-state index in [1.54, 1.807) is 18.4 Å². The second-order valence-corrected chi connectivity index (χ2v) is 5.28. The van der Waals surface area contributed by atoms with Crippen LogP contribution in [0.15, 0.2) is 21.8 Å². The zero-order chi connectivity index (χ0) is 15.5. The summed E-state index contributed by atoms with van der Waals surface area (Å²) in [6.07, 6.45) is 0. The molecule has 0 aliphatic carbocycles. The number of thiophene rings is 1. The number of guanidine groups is 1. The summed E-state index contributed by atoms with van der Waals surface area (Å²) in [4.78, 5) is 18.0. The lowest BCUT2D eigenvalue weighted by Crippen LogP contribution is -2.39. The number of carbonyl (C=O) groups is 1. The van der Waals surface area contributed by atoms with Gasteiger partial charge in [-0.3, -0.25) is 4.79 Å². The number of methoxy groups -OCH3 is 1. The molecule has 0 fully saturated rings. The molecule has 0 aromatic carbocycles. The average Bonchev–Trinajstić information content (AvgIpc) is 2.96. The highest BCUT2D eigenvalue weighted by Crippen LogP contribution is 2.08. The fourth-order valence-corrected chi connectivity index (χ4v) is 2.36. The van der Waals surface area contributed by atoms with Crippen LogP contribution < -0.4 is 10.6 Å². The fourth-order valence-electron chi connectivity index (χ4n) is 1.70. The Kier molecular flexibility index (Phi) is 12.2. The molecule has 1 heterocycles. The van der Waals surface area contributed by atoms with Crippen molar-refractivity contribution < 1.29 is 9.53 Å². The van der Waals surface area contributed by atoms with Gasteiger partial charge in [-0.05, 0) is 29.3 Å². The number of carbonyl (C=O) groups excluding carboxylic acids is 1. The normalized spacial score (nSPS) is 10.8. The van der Waals surface area contributed by atoms with E-state index in [1.807, 2.05) is 18.9 Å². The second kappa shape index (κ2) is 12.7. The van der Waals surface area contributed by atoms with E-state index in [0.717, 1.165) is 19.0 Å². The molecule has 22 heavy (non-hydrogen) atoms. The summed E-state index contributed by atoms with van der Waals surface area (Å²) in [7, 11) is 3.56. The number of nitrogens with one attached hydrogen (secondary N) is 2. The average molecular weight is 440 g/mol. The summed E-state index contributed by atoms with van der Waals surface area (Å²) in [5.74, 6) is 0.622. The number of aliphatic imine (C=N–C) groups is 1. The minimum absolute atomic E-state index is 0. The first-order valence-electron chi connectivity index (χ1n) is 6.93. The Hall–Kier alpha value is -0.870. The minimum Gasteiger partial charge on any atom is -0.383 e. The number of nitrogens with zero attached hydrogens (tertiary/aromatic N) is 2. The molecule has 6 nitrogen and oxygen atoms in total. The first-order chi connectivity index (χ1) is 10.2. The van der Waals surface area contributed by atoms with E-state index in [1.165, 1.54) is 5.56 Å². The Balaban J connectivity index is 0.00000441. The highest BCUT2D eigenvalue weighted by Gasteiger charge is 2.08. The molecule has 0 bridgehead atoms. The predicted molar refractivity (Wildman–Crippen MR) is 102 cm³/mol. The van der Waals surface area contributed by atoms with Gasteiger partial charge in [0.15, 0.2) is 5.96 Å². The standard InChI is InChI=1S/C14H24N4O2S.HI/c1-4-15-14(17-9-13(19)16-6-7-20-3)18(2)10-12-5-8-21-11-12;/h5,8,11H,4,6-7,9-10H2,1-3H3,(H,15,17)(H,16,19);1H. The van der Waals surface area contributed by atoms with Crippen molar-refractivity contribution in [3.8, 4) is 0 Å². The number of rotatable bonds is 8. The molecule has 8 heteroatoms. The van der Waals surface area contributed by atoms with Gasteiger partial charge in [0.25, 0.3) is 0 Å². The molecule has 0 spiro atoms. The van der Waals surface area contributed by atoms with E-state index in [-0.39, 0.29) is 36.4 Å². The van der Waals surface area contributed by atoms with Gasteiger partial charge < -0.3 is 20.3 Å². The molecule has 0 saturated carbocycles. The molecule has 0 aliphatic heterocycles. The molecule has 0 atom stereocenters. The SMILES string of the molecule is CCNC(=NCC(=O)NCCOC)N(C)Cc1ccsc1.I. The lowest BCUT2D eigenvalue weighted by Gasteiger charge is -2.21. The van der Waals surface area contributed by atoms with Gasteiger partial charge in [0.05, 0.1) is 6.61 Å². The molecule has 126 valence electrons. The Morgan fingerprint density at radius 3 is 2.82 bits per heavy atom. The zero-order valence-electron chi connectivity index (χ0n) is 13.3. The topological polar surface area (TPSA) is 66.0 Å². The van der Waals surface area contributed by atoms with Gasteiger partial charge in [-0.2, -0.15) is 11.3 Å². The maximum absolute atomic E-state index is 11.6. The van der Waals surface area contributed by atoms with Crippen molar-refractivity contribution in [3.05, 3.63) is 22.4 Å². The van der Waals surface area contributed by atoms with Crippen LogP contribution >= 0.6 is 35.3 Å². The Bertz CT molecular complexity index is 440. The fraction of sp³-hybridized carbons (Fsp3) is 0.571. The number of ether oxygens (including phenoxy) is 1. The number of amides is 1. The van der Waals surface area contributed by atoms with Gasteiger partial charge in [0.2, 0.25) is 5.91 Å². The molecule has 0 radical (unpaired) electrons. The van der Waals surface area contributed by atoms with E-state index in [9.17, 15) is 4.79 Å². The monoisotopic (exact) mass is 440 g/mol. The van der Waals surface area contributed by atoms with Crippen LogP contribution in [-0.2, 0) is 16.1 Å². The van der Waals surface area contributed by atoms with Gasteiger partial charge in [-0.25, -0.2) is 4.99 Å². The number of hydrogen-bond donors (Lipinski definition) is 2. The summed E-state index contributed by atoms with van der Waals surface area (Å²) < 4.78 is 4.88. The third-order valence-corrected chi connectivity index (χ3v) is 3.43. The molecule has 0 aliphatic rings. The molecule has 1 aromatic heterocycles. The van der Waals surface area contributed by atoms with E-state index < -0.39 is 0 Å². The van der Waals surface area contributed by atoms with E-state index >= 15 is 0 Å². The molecular weight excluding hydrogens is 415 g/mol. The Morgan fingerprint density at radius 2 is 2.23 bits per heavy atom. The largest absolute Gasteiger partial charge is 0.383 e. The van der Waals surface area contributed by atoms with Crippen molar-refractivity contribution in [1.82, 2.24) is 15.5 Å². The lowest BCUT2D eigenvalue weighted by molar-refractivity contribution is -0.119. The van der Waals surface area contributed by atoms with E-state index in [4.69, 9.17) is 4.74 Å². The molecule has 1 aromatic rings. The molecule has 2 N–H and O–H groups in total. The summed E-state index contributed by atoms with van der Waals surface area (Å²) in [6.45, 7) is 4.66. The van der Waals surface area contributed by atoms with Gasteiger partial charge >= 0.3 is 0 Å². The van der Waals surface area contributed by atoms with Crippen LogP contribution in [0.25, 0.3) is 0 Å². The third-order valence-electron chi connectivity index (χ3n) is 2.70. The highest BCUT2D eigenvalue weighted by atomic mass is 127. The minimum atomic E-state index is -0.105. The van der Waals surface area contributed by atoms with E-state index in [0.29, 0.717) is 13.2 Å². The summed E-state index contributed by atoms with van der Waals surface area (Å²) in [5.41, 5.74) is 1.23. The Morgan fingerprint density at radius 1 is 1.45 bits per heavy atom. The zero-order valence-corrected chi connectivity index (χ0v) is 16.4. The van der Waals surface area contributed by atoms with Crippen LogP contribution in [0.1, 0.15) is 12.5 Å². The first kappa shape index (κ1) is 21.1. The van der Waals surface area contributed by atoms with Gasteiger partial charge in [-0.15, -0.1) is 24.0 Å². The van der Waals surface area contributed by atoms with Crippen LogP contribution in [0, 0.1) is 0 Å². The molecular formula is C14H25IN4O2S. The lowest BCUT2D eigenvalue weighted by atomic mass is 10.3. The van der Waals surface area contributed by atoms with Gasteiger partial charge in [-0.1, -0.05) is 0 Å².